The van der Waals surface area contributed by atoms with Crippen molar-refractivity contribution in [2.75, 3.05) is 39.3 Å². The van der Waals surface area contributed by atoms with E-state index < -0.39 is 12.1 Å². The highest BCUT2D eigenvalue weighted by molar-refractivity contribution is 5.82. The first-order valence-corrected chi connectivity index (χ1v) is 10.5. The zero-order chi connectivity index (χ0) is 21.7. The maximum absolute atomic E-state index is 12.3. The van der Waals surface area contributed by atoms with Gasteiger partial charge < -0.3 is 15.6 Å². The molecule has 2 aromatic rings. The van der Waals surface area contributed by atoms with Gasteiger partial charge in [0.25, 0.3) is 0 Å². The molecular weight excluding hydrogens is 378 g/mol. The Morgan fingerprint density at radius 3 is 2.30 bits per heavy atom. The summed E-state index contributed by atoms with van der Waals surface area (Å²) in [6.45, 7) is 9.88. The summed E-state index contributed by atoms with van der Waals surface area (Å²) in [7, 11) is 0. The van der Waals surface area contributed by atoms with Crippen LogP contribution in [0.4, 0.5) is 0 Å². The van der Waals surface area contributed by atoms with E-state index in [0.717, 1.165) is 54.2 Å². The highest BCUT2D eigenvalue weighted by atomic mass is 16.5. The number of aryl methyl sites for hydroxylation is 3. The number of aliphatic hydroxyl groups is 1. The van der Waals surface area contributed by atoms with Crippen LogP contribution in [0.25, 0.3) is 0 Å². The molecule has 1 aliphatic rings. The molecule has 2 unspecified atom stereocenters. The molecule has 0 radical (unpaired) electrons. The number of nitrogens with two attached hydrogens (primary N) is 1. The summed E-state index contributed by atoms with van der Waals surface area (Å²) in [6.07, 6.45) is -0.567. The second-order valence-electron chi connectivity index (χ2n) is 8.23. The van der Waals surface area contributed by atoms with E-state index in [1.165, 1.54) is 0 Å². The number of rotatable bonds is 8. The Balaban J connectivity index is 1.53. The number of hydrogen-bond acceptors (Lipinski definition) is 5. The molecule has 1 amide bonds. The molecule has 0 spiro atoms. The lowest BCUT2D eigenvalue weighted by atomic mass is 9.94. The third-order valence-electron chi connectivity index (χ3n) is 5.76. The van der Waals surface area contributed by atoms with Gasteiger partial charge in [0.05, 0.1) is 0 Å². The molecule has 1 fully saturated rings. The van der Waals surface area contributed by atoms with Crippen LogP contribution in [0.2, 0.25) is 0 Å². The Kier molecular flexibility index (Phi) is 7.48. The smallest absolute Gasteiger partial charge is 0.239 e. The molecule has 30 heavy (non-hydrogen) atoms. The molecule has 0 bridgehead atoms. The van der Waals surface area contributed by atoms with Crippen LogP contribution in [0, 0.1) is 20.8 Å². The number of nitrogens with zero attached hydrogens (tertiary/aromatic N) is 2. The first kappa shape index (κ1) is 22.3. The Morgan fingerprint density at radius 2 is 1.70 bits per heavy atom. The van der Waals surface area contributed by atoms with E-state index in [4.69, 9.17) is 10.5 Å². The molecule has 2 atom stereocenters. The predicted octanol–water partition coefficient (Wildman–Crippen LogP) is 2.20. The topological polar surface area (TPSA) is 79.0 Å². The lowest BCUT2D eigenvalue weighted by Crippen LogP contribution is -2.52. The van der Waals surface area contributed by atoms with Gasteiger partial charge in [0.1, 0.15) is 24.5 Å². The largest absolute Gasteiger partial charge is 0.491 e. The number of primary amides is 1. The van der Waals surface area contributed by atoms with Gasteiger partial charge in [-0.05, 0) is 55.2 Å². The highest BCUT2D eigenvalue weighted by Gasteiger charge is 2.31. The van der Waals surface area contributed by atoms with Crippen molar-refractivity contribution in [1.29, 1.82) is 0 Å². The standard InChI is InChI=1S/C24H33N3O3/c1-17-6-4-9-21(14-17)30-16-20(28)15-26-10-12-27(13-11-26)23(24(25)29)22-18(2)7-5-8-19(22)3/h4-9,14,20,23,28H,10-13,15-16H2,1-3H3,(H2,25,29). The highest BCUT2D eigenvalue weighted by Crippen LogP contribution is 2.28. The number of piperazine rings is 1. The van der Waals surface area contributed by atoms with Crippen LogP contribution in [-0.2, 0) is 4.79 Å². The van der Waals surface area contributed by atoms with Crippen molar-refractivity contribution in [1.82, 2.24) is 9.80 Å². The van der Waals surface area contributed by atoms with Crippen molar-refractivity contribution in [2.45, 2.75) is 32.9 Å². The fourth-order valence-corrected chi connectivity index (χ4v) is 4.22. The van der Waals surface area contributed by atoms with Crippen molar-refractivity contribution < 1.29 is 14.6 Å². The molecule has 1 heterocycles. The molecule has 162 valence electrons. The number of carbonyl (C=O) groups is 1. The molecule has 6 heteroatoms. The van der Waals surface area contributed by atoms with Gasteiger partial charge >= 0.3 is 0 Å². The molecule has 2 aromatic carbocycles. The van der Waals surface area contributed by atoms with Gasteiger partial charge in [0.15, 0.2) is 0 Å². The van der Waals surface area contributed by atoms with Gasteiger partial charge in [-0.1, -0.05) is 30.3 Å². The maximum atomic E-state index is 12.3. The van der Waals surface area contributed by atoms with E-state index in [2.05, 4.69) is 9.80 Å². The van der Waals surface area contributed by atoms with Gasteiger partial charge in [0, 0.05) is 32.7 Å². The molecule has 0 aliphatic carbocycles. The van der Waals surface area contributed by atoms with Crippen LogP contribution in [0.3, 0.4) is 0 Å². The summed E-state index contributed by atoms with van der Waals surface area (Å²) < 4.78 is 5.72. The monoisotopic (exact) mass is 411 g/mol. The number of ether oxygens (including phenoxy) is 1. The zero-order valence-electron chi connectivity index (χ0n) is 18.2. The van der Waals surface area contributed by atoms with E-state index in [1.807, 2.05) is 63.2 Å². The van der Waals surface area contributed by atoms with Crippen LogP contribution >= 0.6 is 0 Å². The summed E-state index contributed by atoms with van der Waals surface area (Å²) in [4.78, 5) is 16.7. The van der Waals surface area contributed by atoms with Gasteiger partial charge in [-0.15, -0.1) is 0 Å². The van der Waals surface area contributed by atoms with Crippen molar-refractivity contribution in [2.24, 2.45) is 5.73 Å². The second-order valence-corrected chi connectivity index (χ2v) is 8.23. The number of amides is 1. The van der Waals surface area contributed by atoms with Crippen molar-refractivity contribution in [3.63, 3.8) is 0 Å². The number of hydrogen-bond donors (Lipinski definition) is 2. The molecule has 1 aliphatic heterocycles. The average Bonchev–Trinajstić information content (AvgIpc) is 2.70. The molecule has 0 aromatic heterocycles. The summed E-state index contributed by atoms with van der Waals surface area (Å²) in [6, 6.07) is 13.5. The van der Waals surface area contributed by atoms with Gasteiger partial charge in [-0.3, -0.25) is 14.6 Å². The normalized spacial score (nSPS) is 17.5. The lowest BCUT2D eigenvalue weighted by molar-refractivity contribution is -0.124. The predicted molar refractivity (Wildman–Crippen MR) is 119 cm³/mol. The van der Waals surface area contributed by atoms with Crippen molar-refractivity contribution in [3.8, 4) is 5.75 Å². The second kappa shape index (κ2) is 10.1. The molecule has 0 saturated carbocycles. The average molecular weight is 412 g/mol. The van der Waals surface area contributed by atoms with E-state index in [9.17, 15) is 9.90 Å². The maximum Gasteiger partial charge on any atom is 0.239 e. The number of β-amino-alcohol motifs (C(OH)–C–C–N with tert-alkyl or cyclic N) is 1. The van der Waals surface area contributed by atoms with Crippen LogP contribution in [-0.4, -0.2) is 66.2 Å². The quantitative estimate of drug-likeness (QED) is 0.696. The summed E-state index contributed by atoms with van der Waals surface area (Å²) >= 11 is 0. The molecule has 6 nitrogen and oxygen atoms in total. The molecular formula is C24H33N3O3. The first-order valence-electron chi connectivity index (χ1n) is 10.5. The number of carbonyl (C=O) groups excluding carboxylic acids is 1. The van der Waals surface area contributed by atoms with Crippen molar-refractivity contribution >= 4 is 5.91 Å². The molecule has 3 N–H and O–H groups in total. The third-order valence-corrected chi connectivity index (χ3v) is 5.76. The van der Waals surface area contributed by atoms with Gasteiger partial charge in [-0.2, -0.15) is 0 Å². The van der Waals surface area contributed by atoms with Crippen LogP contribution in [0.5, 0.6) is 5.75 Å². The minimum atomic E-state index is -0.567. The summed E-state index contributed by atoms with van der Waals surface area (Å²) in [5.74, 6) is 0.462. The van der Waals surface area contributed by atoms with Crippen LogP contribution in [0.1, 0.15) is 28.3 Å². The van der Waals surface area contributed by atoms with E-state index in [-0.39, 0.29) is 12.5 Å². The number of benzene rings is 2. The Morgan fingerprint density at radius 1 is 1.07 bits per heavy atom. The first-order chi connectivity index (χ1) is 14.3. The lowest BCUT2D eigenvalue weighted by Gasteiger charge is -2.39. The number of aliphatic hydroxyl groups excluding tert-OH is 1. The summed E-state index contributed by atoms with van der Waals surface area (Å²) in [5.41, 5.74) is 10.1. The van der Waals surface area contributed by atoms with E-state index in [0.29, 0.717) is 6.54 Å². The Hall–Kier alpha value is -2.41. The van der Waals surface area contributed by atoms with Gasteiger partial charge in [-0.25, -0.2) is 0 Å². The van der Waals surface area contributed by atoms with Gasteiger partial charge in [0.2, 0.25) is 5.91 Å². The Bertz CT molecular complexity index is 842. The van der Waals surface area contributed by atoms with Crippen LogP contribution < -0.4 is 10.5 Å². The van der Waals surface area contributed by atoms with E-state index >= 15 is 0 Å². The SMILES string of the molecule is Cc1cccc(OCC(O)CN2CCN(C(C(N)=O)c3c(C)cccc3C)CC2)c1. The Labute approximate surface area is 179 Å². The van der Waals surface area contributed by atoms with Crippen molar-refractivity contribution in [3.05, 3.63) is 64.7 Å². The molecule has 3 rings (SSSR count). The third kappa shape index (κ3) is 5.59. The molecule has 1 saturated heterocycles. The minimum Gasteiger partial charge on any atom is -0.491 e. The fraction of sp³-hybridized carbons (Fsp3) is 0.458. The minimum absolute atomic E-state index is 0.260. The van der Waals surface area contributed by atoms with Crippen LogP contribution in [0.15, 0.2) is 42.5 Å². The summed E-state index contributed by atoms with van der Waals surface area (Å²) in [5, 5.41) is 10.4. The fourth-order valence-electron chi connectivity index (χ4n) is 4.22. The van der Waals surface area contributed by atoms with E-state index in [1.54, 1.807) is 0 Å². The zero-order valence-corrected chi connectivity index (χ0v) is 18.2.